The normalized spacial score (nSPS) is 25.5. The molecule has 2 atom stereocenters. The SMILES string of the molecule is CC(C)(C)C(N)c1noc(C2CC2(C)C)n1. The lowest BCUT2D eigenvalue weighted by atomic mass is 9.87. The average molecular weight is 223 g/mol. The van der Waals surface area contributed by atoms with Crippen LogP contribution in [0, 0.1) is 10.8 Å². The molecule has 0 aliphatic heterocycles. The molecule has 1 fully saturated rings. The van der Waals surface area contributed by atoms with Gasteiger partial charge in [0.2, 0.25) is 5.89 Å². The monoisotopic (exact) mass is 223 g/mol. The fourth-order valence-electron chi connectivity index (χ4n) is 1.79. The average Bonchev–Trinajstić information content (AvgIpc) is 2.63. The molecule has 0 radical (unpaired) electrons. The molecule has 16 heavy (non-hydrogen) atoms. The highest BCUT2D eigenvalue weighted by molar-refractivity contribution is 5.14. The Bertz CT molecular complexity index is 389. The van der Waals surface area contributed by atoms with Gasteiger partial charge in [-0.05, 0) is 17.3 Å². The minimum atomic E-state index is -0.174. The molecule has 1 heterocycles. The Morgan fingerprint density at radius 3 is 2.44 bits per heavy atom. The Balaban J connectivity index is 2.15. The smallest absolute Gasteiger partial charge is 0.230 e. The van der Waals surface area contributed by atoms with Crippen molar-refractivity contribution < 1.29 is 4.52 Å². The van der Waals surface area contributed by atoms with Gasteiger partial charge in [0, 0.05) is 5.92 Å². The summed E-state index contributed by atoms with van der Waals surface area (Å²) in [4.78, 5) is 4.43. The number of rotatable bonds is 2. The number of nitrogens with zero attached hydrogens (tertiary/aromatic N) is 2. The molecule has 0 spiro atoms. The second kappa shape index (κ2) is 3.29. The van der Waals surface area contributed by atoms with Crippen LogP contribution in [0.2, 0.25) is 0 Å². The first-order valence-electron chi connectivity index (χ1n) is 5.81. The number of aromatic nitrogens is 2. The quantitative estimate of drug-likeness (QED) is 0.837. The zero-order valence-electron chi connectivity index (χ0n) is 10.7. The second-order valence-electron chi connectivity index (χ2n) is 6.58. The van der Waals surface area contributed by atoms with Crippen LogP contribution in [-0.4, -0.2) is 10.1 Å². The lowest BCUT2D eigenvalue weighted by molar-refractivity contribution is 0.299. The highest BCUT2D eigenvalue weighted by Gasteiger charge is 2.50. The van der Waals surface area contributed by atoms with Crippen LogP contribution in [0.1, 0.15) is 64.7 Å². The molecule has 1 aromatic rings. The molecule has 4 heteroatoms. The molecule has 1 aromatic heterocycles. The van der Waals surface area contributed by atoms with Crippen LogP contribution in [0.3, 0.4) is 0 Å². The van der Waals surface area contributed by atoms with Crippen molar-refractivity contribution >= 4 is 0 Å². The molecule has 2 unspecified atom stereocenters. The number of hydrogen-bond acceptors (Lipinski definition) is 4. The van der Waals surface area contributed by atoms with Crippen molar-refractivity contribution in [1.29, 1.82) is 0 Å². The number of nitrogens with two attached hydrogens (primary N) is 1. The summed E-state index contributed by atoms with van der Waals surface area (Å²) in [5.41, 5.74) is 6.36. The minimum absolute atomic E-state index is 0.0415. The lowest BCUT2D eigenvalue weighted by Gasteiger charge is -2.23. The molecule has 1 saturated carbocycles. The van der Waals surface area contributed by atoms with Gasteiger partial charge in [-0.15, -0.1) is 0 Å². The van der Waals surface area contributed by atoms with Crippen molar-refractivity contribution in [3.8, 4) is 0 Å². The van der Waals surface area contributed by atoms with Crippen LogP contribution in [-0.2, 0) is 0 Å². The number of hydrogen-bond donors (Lipinski definition) is 1. The van der Waals surface area contributed by atoms with E-state index >= 15 is 0 Å². The summed E-state index contributed by atoms with van der Waals surface area (Å²) in [6.45, 7) is 10.7. The highest BCUT2D eigenvalue weighted by atomic mass is 16.5. The Labute approximate surface area is 96.6 Å². The molecule has 90 valence electrons. The summed E-state index contributed by atoms with van der Waals surface area (Å²) in [6.07, 6.45) is 1.12. The van der Waals surface area contributed by atoms with E-state index in [2.05, 4.69) is 44.8 Å². The second-order valence-corrected chi connectivity index (χ2v) is 6.58. The van der Waals surface area contributed by atoms with Gasteiger partial charge < -0.3 is 10.3 Å². The van der Waals surface area contributed by atoms with Crippen molar-refractivity contribution in [2.24, 2.45) is 16.6 Å². The van der Waals surface area contributed by atoms with Gasteiger partial charge in [-0.25, -0.2) is 0 Å². The standard InChI is InChI=1S/C12H21N3O/c1-11(2,3)8(13)9-14-10(16-15-9)7-6-12(7,4)5/h7-8H,6,13H2,1-5H3. The summed E-state index contributed by atoms with van der Waals surface area (Å²) >= 11 is 0. The van der Waals surface area contributed by atoms with Crippen LogP contribution >= 0.6 is 0 Å². The summed E-state index contributed by atoms with van der Waals surface area (Å²) < 4.78 is 5.30. The molecular formula is C12H21N3O. The van der Waals surface area contributed by atoms with E-state index in [0.717, 1.165) is 12.3 Å². The maximum Gasteiger partial charge on any atom is 0.230 e. The molecule has 1 aliphatic carbocycles. The van der Waals surface area contributed by atoms with Crippen LogP contribution in [0.4, 0.5) is 0 Å². The third-order valence-corrected chi connectivity index (χ3v) is 3.48. The van der Waals surface area contributed by atoms with E-state index in [9.17, 15) is 0 Å². The van der Waals surface area contributed by atoms with Gasteiger partial charge >= 0.3 is 0 Å². The van der Waals surface area contributed by atoms with Crippen molar-refractivity contribution in [3.63, 3.8) is 0 Å². The van der Waals surface area contributed by atoms with Gasteiger partial charge in [0.1, 0.15) is 0 Å². The maximum atomic E-state index is 6.09. The van der Waals surface area contributed by atoms with Gasteiger partial charge in [-0.1, -0.05) is 39.8 Å². The summed E-state index contributed by atoms with van der Waals surface area (Å²) in [5, 5.41) is 4.00. The summed E-state index contributed by atoms with van der Waals surface area (Å²) in [6, 6.07) is -0.174. The lowest BCUT2D eigenvalue weighted by Crippen LogP contribution is -2.27. The van der Waals surface area contributed by atoms with Crippen molar-refractivity contribution in [2.75, 3.05) is 0 Å². The van der Waals surface area contributed by atoms with E-state index in [4.69, 9.17) is 10.3 Å². The van der Waals surface area contributed by atoms with Crippen LogP contribution in [0.5, 0.6) is 0 Å². The first-order valence-corrected chi connectivity index (χ1v) is 5.81. The van der Waals surface area contributed by atoms with Gasteiger partial charge in [-0.3, -0.25) is 0 Å². The van der Waals surface area contributed by atoms with E-state index in [1.165, 1.54) is 0 Å². The van der Waals surface area contributed by atoms with E-state index in [1.807, 2.05) is 0 Å². The largest absolute Gasteiger partial charge is 0.339 e. The Kier molecular flexibility index (Phi) is 2.38. The van der Waals surface area contributed by atoms with Crippen molar-refractivity contribution in [2.45, 2.75) is 53.0 Å². The predicted molar refractivity (Wildman–Crippen MR) is 61.8 cm³/mol. The van der Waals surface area contributed by atoms with Gasteiger partial charge in [0.15, 0.2) is 5.82 Å². The fourth-order valence-corrected chi connectivity index (χ4v) is 1.79. The third-order valence-electron chi connectivity index (χ3n) is 3.48. The molecular weight excluding hydrogens is 202 g/mol. The molecule has 1 aliphatic rings. The van der Waals surface area contributed by atoms with Crippen LogP contribution < -0.4 is 5.73 Å². The molecule has 0 amide bonds. The zero-order chi connectivity index (χ0) is 12.1. The molecule has 0 bridgehead atoms. The van der Waals surface area contributed by atoms with Crippen molar-refractivity contribution in [1.82, 2.24) is 10.1 Å². The van der Waals surface area contributed by atoms with E-state index in [0.29, 0.717) is 17.2 Å². The van der Waals surface area contributed by atoms with Crippen LogP contribution in [0.15, 0.2) is 4.52 Å². The molecule has 2 rings (SSSR count). The predicted octanol–water partition coefficient (Wildman–Crippen LogP) is 2.63. The Morgan fingerprint density at radius 1 is 1.44 bits per heavy atom. The van der Waals surface area contributed by atoms with Gasteiger partial charge in [-0.2, -0.15) is 4.98 Å². The van der Waals surface area contributed by atoms with Gasteiger partial charge in [0.05, 0.1) is 6.04 Å². The minimum Gasteiger partial charge on any atom is -0.339 e. The molecule has 2 N–H and O–H groups in total. The van der Waals surface area contributed by atoms with E-state index in [-0.39, 0.29) is 11.5 Å². The van der Waals surface area contributed by atoms with Crippen LogP contribution in [0.25, 0.3) is 0 Å². The highest BCUT2D eigenvalue weighted by Crippen LogP contribution is 2.58. The van der Waals surface area contributed by atoms with Crippen molar-refractivity contribution in [3.05, 3.63) is 11.7 Å². The zero-order valence-corrected chi connectivity index (χ0v) is 10.7. The Hall–Kier alpha value is -0.900. The first kappa shape index (κ1) is 11.6. The maximum absolute atomic E-state index is 6.09. The molecule has 0 saturated heterocycles. The topological polar surface area (TPSA) is 64.9 Å². The summed E-state index contributed by atoms with van der Waals surface area (Å²) in [7, 11) is 0. The Morgan fingerprint density at radius 2 is 2.00 bits per heavy atom. The van der Waals surface area contributed by atoms with E-state index in [1.54, 1.807) is 0 Å². The molecule has 0 aromatic carbocycles. The third kappa shape index (κ3) is 1.98. The fraction of sp³-hybridized carbons (Fsp3) is 0.833. The molecule has 4 nitrogen and oxygen atoms in total. The summed E-state index contributed by atoms with van der Waals surface area (Å²) in [5.74, 6) is 1.80. The van der Waals surface area contributed by atoms with Gasteiger partial charge in [0.25, 0.3) is 0 Å². The van der Waals surface area contributed by atoms with E-state index < -0.39 is 0 Å². The first-order chi connectivity index (χ1) is 7.22.